The lowest BCUT2D eigenvalue weighted by Gasteiger charge is -2.36. The third-order valence-corrected chi connectivity index (χ3v) is 5.01. The monoisotopic (exact) mass is 380 g/mol. The summed E-state index contributed by atoms with van der Waals surface area (Å²) in [7, 11) is 0. The quantitative estimate of drug-likeness (QED) is 0.854. The summed E-state index contributed by atoms with van der Waals surface area (Å²) >= 11 is 6.04. The van der Waals surface area contributed by atoms with Gasteiger partial charge in [-0.25, -0.2) is 8.78 Å². The standard InChI is InChI=1S/C19H20ClF2N3O/c1-13(19(26)23-18-12-15(21)5-6-17(18)22)24-7-9-25(10-8-24)16-4-2-3-14(20)11-16/h2-6,11-13H,7-10H2,1H3,(H,23,26)/p+1/t13-/m0/s1. The van der Waals surface area contributed by atoms with Crippen molar-refractivity contribution in [2.45, 2.75) is 13.0 Å². The highest BCUT2D eigenvalue weighted by Gasteiger charge is 2.29. The number of quaternary nitrogens is 1. The summed E-state index contributed by atoms with van der Waals surface area (Å²) in [5.74, 6) is -1.55. The molecule has 7 heteroatoms. The van der Waals surface area contributed by atoms with Crippen LogP contribution in [0.25, 0.3) is 0 Å². The summed E-state index contributed by atoms with van der Waals surface area (Å²) in [4.78, 5) is 15.8. The van der Waals surface area contributed by atoms with Crippen molar-refractivity contribution < 1.29 is 18.5 Å². The first kappa shape index (κ1) is 18.6. The molecule has 138 valence electrons. The average Bonchev–Trinajstić information content (AvgIpc) is 2.64. The summed E-state index contributed by atoms with van der Waals surface area (Å²) in [6.45, 7) is 4.93. The zero-order chi connectivity index (χ0) is 18.7. The minimum absolute atomic E-state index is 0.126. The summed E-state index contributed by atoms with van der Waals surface area (Å²) in [6, 6.07) is 10.4. The van der Waals surface area contributed by atoms with Crippen LogP contribution >= 0.6 is 11.6 Å². The maximum absolute atomic E-state index is 13.7. The van der Waals surface area contributed by atoms with Crippen molar-refractivity contribution in [3.63, 3.8) is 0 Å². The number of hydrogen-bond donors (Lipinski definition) is 2. The fourth-order valence-electron chi connectivity index (χ4n) is 3.18. The first-order valence-corrected chi connectivity index (χ1v) is 8.93. The van der Waals surface area contributed by atoms with Gasteiger partial charge in [0.25, 0.3) is 5.91 Å². The molecule has 0 saturated carbocycles. The minimum Gasteiger partial charge on any atom is -0.360 e. The number of carbonyl (C=O) groups excluding carboxylic acids is 1. The van der Waals surface area contributed by atoms with E-state index in [1.807, 2.05) is 24.3 Å². The molecule has 1 amide bonds. The topological polar surface area (TPSA) is 36.8 Å². The molecular weight excluding hydrogens is 360 g/mol. The first-order chi connectivity index (χ1) is 12.4. The van der Waals surface area contributed by atoms with Crippen LogP contribution in [0.3, 0.4) is 0 Å². The van der Waals surface area contributed by atoms with Crippen molar-refractivity contribution in [2.75, 3.05) is 36.4 Å². The molecule has 1 atom stereocenters. The zero-order valence-electron chi connectivity index (χ0n) is 14.4. The van der Waals surface area contributed by atoms with Gasteiger partial charge < -0.3 is 15.1 Å². The number of piperazine rings is 1. The van der Waals surface area contributed by atoms with Crippen molar-refractivity contribution in [3.8, 4) is 0 Å². The van der Waals surface area contributed by atoms with Gasteiger partial charge in [0.1, 0.15) is 11.6 Å². The molecule has 2 aromatic carbocycles. The lowest BCUT2D eigenvalue weighted by atomic mass is 10.2. The van der Waals surface area contributed by atoms with Gasteiger partial charge in [-0.05, 0) is 37.3 Å². The van der Waals surface area contributed by atoms with E-state index in [1.165, 1.54) is 0 Å². The maximum atomic E-state index is 13.7. The van der Waals surface area contributed by atoms with Crippen molar-refractivity contribution >= 4 is 28.9 Å². The number of carbonyl (C=O) groups is 1. The summed E-state index contributed by atoms with van der Waals surface area (Å²) in [5, 5.41) is 3.19. The van der Waals surface area contributed by atoms with E-state index in [4.69, 9.17) is 11.6 Å². The van der Waals surface area contributed by atoms with Crippen molar-refractivity contribution in [2.24, 2.45) is 0 Å². The lowest BCUT2D eigenvalue weighted by molar-refractivity contribution is -0.914. The van der Waals surface area contributed by atoms with Crippen LogP contribution in [0.5, 0.6) is 0 Å². The molecule has 1 aliphatic heterocycles. The van der Waals surface area contributed by atoms with Crippen molar-refractivity contribution in [1.29, 1.82) is 0 Å². The maximum Gasteiger partial charge on any atom is 0.282 e. The average molecular weight is 381 g/mol. The van der Waals surface area contributed by atoms with E-state index in [0.717, 1.165) is 55.0 Å². The predicted molar refractivity (Wildman–Crippen MR) is 98.8 cm³/mol. The van der Waals surface area contributed by atoms with Gasteiger partial charge in [0, 0.05) is 16.8 Å². The molecule has 2 aromatic rings. The fraction of sp³-hybridized carbons (Fsp3) is 0.316. The third kappa shape index (κ3) is 4.31. The molecule has 0 bridgehead atoms. The van der Waals surface area contributed by atoms with Gasteiger partial charge in [-0.2, -0.15) is 0 Å². The Balaban J connectivity index is 1.58. The zero-order valence-corrected chi connectivity index (χ0v) is 15.2. The number of halogens is 3. The molecule has 0 aliphatic carbocycles. The molecule has 1 aliphatic rings. The van der Waals surface area contributed by atoms with Gasteiger partial charge in [0.2, 0.25) is 0 Å². The molecule has 1 heterocycles. The minimum atomic E-state index is -0.646. The number of hydrogen-bond acceptors (Lipinski definition) is 2. The Morgan fingerprint density at radius 1 is 1.19 bits per heavy atom. The van der Waals surface area contributed by atoms with E-state index in [2.05, 4.69) is 10.2 Å². The van der Waals surface area contributed by atoms with Crippen molar-refractivity contribution in [3.05, 3.63) is 59.1 Å². The van der Waals surface area contributed by atoms with Crippen LogP contribution in [0.15, 0.2) is 42.5 Å². The van der Waals surface area contributed by atoms with E-state index in [9.17, 15) is 13.6 Å². The Labute approximate surface area is 156 Å². The summed E-state index contributed by atoms with van der Waals surface area (Å²) in [6.07, 6.45) is 0. The molecule has 0 radical (unpaired) electrons. The summed E-state index contributed by atoms with van der Waals surface area (Å²) in [5.41, 5.74) is 0.939. The largest absolute Gasteiger partial charge is 0.360 e. The number of nitrogens with zero attached hydrogens (tertiary/aromatic N) is 1. The molecule has 0 spiro atoms. The SMILES string of the molecule is C[C@@H](C(=O)Nc1cc(F)ccc1F)[NH+]1CCN(c2cccc(Cl)c2)CC1. The highest BCUT2D eigenvalue weighted by atomic mass is 35.5. The third-order valence-electron chi connectivity index (χ3n) is 4.77. The number of rotatable bonds is 4. The first-order valence-electron chi connectivity index (χ1n) is 8.55. The molecule has 0 aromatic heterocycles. The van der Waals surface area contributed by atoms with Crippen LogP contribution in [-0.2, 0) is 4.79 Å². The van der Waals surface area contributed by atoms with Crippen LogP contribution in [-0.4, -0.2) is 38.1 Å². The lowest BCUT2D eigenvalue weighted by Crippen LogP contribution is -3.19. The molecule has 1 fully saturated rings. The second kappa shape index (κ2) is 8.01. The van der Waals surface area contributed by atoms with Gasteiger partial charge >= 0.3 is 0 Å². The van der Waals surface area contributed by atoms with E-state index >= 15 is 0 Å². The van der Waals surface area contributed by atoms with Crippen LogP contribution in [0.1, 0.15) is 6.92 Å². The number of amides is 1. The predicted octanol–water partition coefficient (Wildman–Crippen LogP) is 2.35. The Bertz CT molecular complexity index is 794. The Hall–Kier alpha value is -2.18. The van der Waals surface area contributed by atoms with Gasteiger partial charge in [0.15, 0.2) is 6.04 Å². The highest BCUT2D eigenvalue weighted by Crippen LogP contribution is 2.19. The number of anilines is 2. The highest BCUT2D eigenvalue weighted by molar-refractivity contribution is 6.30. The van der Waals surface area contributed by atoms with E-state index in [1.54, 1.807) is 6.92 Å². The van der Waals surface area contributed by atoms with Gasteiger partial charge in [-0.3, -0.25) is 4.79 Å². The Morgan fingerprint density at radius 3 is 2.62 bits per heavy atom. The van der Waals surface area contributed by atoms with E-state index in [-0.39, 0.29) is 17.6 Å². The van der Waals surface area contributed by atoms with Crippen LogP contribution in [0.4, 0.5) is 20.2 Å². The Kier molecular flexibility index (Phi) is 5.74. The van der Waals surface area contributed by atoms with Crippen LogP contribution in [0, 0.1) is 11.6 Å². The molecule has 3 rings (SSSR count). The van der Waals surface area contributed by atoms with Gasteiger partial charge in [-0.1, -0.05) is 17.7 Å². The summed E-state index contributed by atoms with van der Waals surface area (Å²) < 4.78 is 26.9. The number of benzene rings is 2. The molecular formula is C19H21ClF2N3O+. The molecule has 2 N–H and O–H groups in total. The molecule has 26 heavy (non-hydrogen) atoms. The normalized spacial score (nSPS) is 16.4. The van der Waals surface area contributed by atoms with E-state index < -0.39 is 11.6 Å². The van der Waals surface area contributed by atoms with Crippen molar-refractivity contribution in [1.82, 2.24) is 0 Å². The van der Waals surface area contributed by atoms with E-state index in [0.29, 0.717) is 5.02 Å². The second-order valence-electron chi connectivity index (χ2n) is 6.46. The fourth-order valence-corrected chi connectivity index (χ4v) is 3.36. The molecule has 0 unspecified atom stereocenters. The Morgan fingerprint density at radius 2 is 1.92 bits per heavy atom. The van der Waals surface area contributed by atoms with Crippen LogP contribution in [0.2, 0.25) is 5.02 Å². The van der Waals surface area contributed by atoms with Gasteiger partial charge in [-0.15, -0.1) is 0 Å². The number of nitrogens with one attached hydrogen (secondary N) is 2. The molecule has 4 nitrogen and oxygen atoms in total. The smallest absolute Gasteiger partial charge is 0.282 e. The van der Waals surface area contributed by atoms with Gasteiger partial charge in [0.05, 0.1) is 31.9 Å². The van der Waals surface area contributed by atoms with Crippen LogP contribution < -0.4 is 15.1 Å². The second-order valence-corrected chi connectivity index (χ2v) is 6.90. The molecule has 1 saturated heterocycles.